The number of fused-ring (bicyclic) bond motifs is 1. The van der Waals surface area contributed by atoms with E-state index in [2.05, 4.69) is 13.2 Å². The van der Waals surface area contributed by atoms with Crippen molar-refractivity contribution >= 4 is 35.4 Å². The topological polar surface area (TPSA) is 40.6 Å². The summed E-state index contributed by atoms with van der Waals surface area (Å²) in [4.78, 5) is 32.2. The molecule has 40 heavy (non-hydrogen) atoms. The van der Waals surface area contributed by atoms with Crippen molar-refractivity contribution in [3.05, 3.63) is 167 Å². The number of hydrogen-bond donors (Lipinski definition) is 0. The van der Waals surface area contributed by atoms with E-state index in [9.17, 15) is 9.59 Å². The minimum Gasteiger partial charge on any atom is -0.302 e. The Morgan fingerprint density at radius 2 is 0.850 bits per heavy atom. The third kappa shape index (κ3) is 4.40. The molecule has 0 aromatic heterocycles. The van der Waals surface area contributed by atoms with Gasteiger partial charge in [0.25, 0.3) is 11.8 Å². The van der Waals surface area contributed by atoms with Crippen molar-refractivity contribution in [2.75, 3.05) is 0 Å². The maximum absolute atomic E-state index is 14.3. The Morgan fingerprint density at radius 1 is 0.500 bits per heavy atom. The van der Waals surface area contributed by atoms with Crippen molar-refractivity contribution in [3.63, 3.8) is 0 Å². The van der Waals surface area contributed by atoms with E-state index in [0.29, 0.717) is 35.6 Å². The fraction of sp³-hybridized carbons (Fsp3) is 0.0556. The van der Waals surface area contributed by atoms with Crippen molar-refractivity contribution in [1.29, 1.82) is 0 Å². The van der Waals surface area contributed by atoms with E-state index in [-0.39, 0.29) is 11.8 Å². The summed E-state index contributed by atoms with van der Waals surface area (Å²) in [5.41, 5.74) is 7.85. The number of nitrogens with zero attached hydrogens (tertiary/aromatic N) is 2. The lowest BCUT2D eigenvalue weighted by Crippen LogP contribution is -2.29. The zero-order valence-electron chi connectivity index (χ0n) is 22.1. The normalized spacial score (nSPS) is 14.7. The van der Waals surface area contributed by atoms with Gasteiger partial charge in [-0.1, -0.05) is 135 Å². The van der Waals surface area contributed by atoms with Crippen LogP contribution in [0, 0.1) is 0 Å². The van der Waals surface area contributed by atoms with Gasteiger partial charge in [0.15, 0.2) is 0 Å². The van der Waals surface area contributed by atoms with E-state index in [1.807, 2.05) is 109 Å². The quantitative estimate of drug-likeness (QED) is 0.247. The molecule has 0 radical (unpaired) electrons. The van der Waals surface area contributed by atoms with Crippen LogP contribution in [0.15, 0.2) is 133 Å². The summed E-state index contributed by atoms with van der Waals surface area (Å²) < 4.78 is 0. The Balaban J connectivity index is 1.51. The SMILES string of the molecule is C=Cc1ccc(CN2C(=O)C3=C(c4ccccc4)N(Cc4ccc(C=C)cc4)C(=O)C3=C2c2ccccc2)cc1. The van der Waals surface area contributed by atoms with E-state index >= 15 is 0 Å². The largest absolute Gasteiger partial charge is 0.302 e. The number of hydrogen-bond acceptors (Lipinski definition) is 2. The van der Waals surface area contributed by atoms with Crippen LogP contribution in [0.4, 0.5) is 0 Å². The standard InChI is InChI=1S/C36H28N2O2/c1-3-25-15-19-27(20-16-25)23-37-33(29-11-7-5-8-12-29)31-32(35(37)39)34(30-13-9-6-10-14-30)38(36(31)40)24-28-21-17-26(4-2)18-22-28/h3-22H,1-2,23-24H2. The first-order valence-corrected chi connectivity index (χ1v) is 13.3. The second-order valence-corrected chi connectivity index (χ2v) is 9.85. The van der Waals surface area contributed by atoms with E-state index in [1.165, 1.54) is 0 Å². The number of amides is 2. The fourth-order valence-electron chi connectivity index (χ4n) is 5.37. The summed E-state index contributed by atoms with van der Waals surface area (Å²) in [5, 5.41) is 0. The van der Waals surface area contributed by atoms with Crippen LogP contribution in [-0.2, 0) is 22.7 Å². The smallest absolute Gasteiger partial charge is 0.261 e. The monoisotopic (exact) mass is 520 g/mol. The molecule has 2 aliphatic heterocycles. The van der Waals surface area contributed by atoms with Gasteiger partial charge >= 0.3 is 0 Å². The maximum atomic E-state index is 14.3. The van der Waals surface area contributed by atoms with Gasteiger partial charge in [0.2, 0.25) is 0 Å². The van der Waals surface area contributed by atoms with Gasteiger partial charge in [-0.05, 0) is 33.4 Å². The van der Waals surface area contributed by atoms with Crippen LogP contribution in [0.2, 0.25) is 0 Å². The van der Waals surface area contributed by atoms with E-state index < -0.39 is 0 Å². The third-order valence-corrected chi connectivity index (χ3v) is 7.39. The molecule has 0 spiro atoms. The maximum Gasteiger partial charge on any atom is 0.261 e. The molecule has 0 aliphatic carbocycles. The number of benzene rings is 4. The molecule has 6 rings (SSSR count). The highest BCUT2D eigenvalue weighted by molar-refractivity contribution is 6.30. The lowest BCUT2D eigenvalue weighted by Gasteiger charge is -2.25. The van der Waals surface area contributed by atoms with Crippen LogP contribution in [0.25, 0.3) is 23.5 Å². The van der Waals surface area contributed by atoms with Gasteiger partial charge < -0.3 is 9.80 Å². The molecule has 4 aromatic carbocycles. The summed E-state index contributed by atoms with van der Waals surface area (Å²) in [7, 11) is 0. The van der Waals surface area contributed by atoms with Gasteiger partial charge in [0.05, 0.1) is 35.6 Å². The lowest BCUT2D eigenvalue weighted by atomic mass is 10.0. The average molecular weight is 521 g/mol. The molecule has 0 N–H and O–H groups in total. The van der Waals surface area contributed by atoms with E-state index in [0.717, 1.165) is 33.4 Å². The minimum atomic E-state index is -0.168. The van der Waals surface area contributed by atoms with Gasteiger partial charge in [0, 0.05) is 0 Å². The molecular formula is C36H28N2O2. The number of carbonyl (C=O) groups excluding carboxylic acids is 2. The first kappa shape index (κ1) is 25.1. The summed E-state index contributed by atoms with van der Waals surface area (Å²) in [5.74, 6) is -0.336. The summed E-state index contributed by atoms with van der Waals surface area (Å²) in [6.07, 6.45) is 3.59. The molecule has 0 saturated carbocycles. The summed E-state index contributed by atoms with van der Waals surface area (Å²) in [6, 6.07) is 35.4. The highest BCUT2D eigenvalue weighted by Crippen LogP contribution is 2.47. The van der Waals surface area contributed by atoms with Crippen molar-refractivity contribution in [2.45, 2.75) is 13.1 Å². The van der Waals surface area contributed by atoms with Crippen molar-refractivity contribution in [3.8, 4) is 0 Å². The molecule has 2 aliphatic rings. The molecule has 4 nitrogen and oxygen atoms in total. The van der Waals surface area contributed by atoms with Gasteiger partial charge in [-0.3, -0.25) is 9.59 Å². The van der Waals surface area contributed by atoms with Crippen LogP contribution in [0.5, 0.6) is 0 Å². The first-order chi connectivity index (χ1) is 19.6. The Labute approximate surface area is 234 Å². The van der Waals surface area contributed by atoms with E-state index in [1.54, 1.807) is 22.0 Å². The molecule has 194 valence electrons. The number of carbonyl (C=O) groups is 2. The molecule has 0 fully saturated rings. The minimum absolute atomic E-state index is 0.168. The average Bonchev–Trinajstić information content (AvgIpc) is 3.45. The molecule has 0 bridgehead atoms. The predicted octanol–water partition coefficient (Wildman–Crippen LogP) is 7.18. The zero-order valence-corrected chi connectivity index (χ0v) is 22.1. The highest BCUT2D eigenvalue weighted by Gasteiger charge is 2.48. The highest BCUT2D eigenvalue weighted by atomic mass is 16.2. The van der Waals surface area contributed by atoms with Crippen LogP contribution >= 0.6 is 0 Å². The summed E-state index contributed by atoms with van der Waals surface area (Å²) >= 11 is 0. The van der Waals surface area contributed by atoms with Crippen LogP contribution in [-0.4, -0.2) is 21.6 Å². The van der Waals surface area contributed by atoms with Gasteiger partial charge in [0.1, 0.15) is 0 Å². The molecule has 0 unspecified atom stereocenters. The van der Waals surface area contributed by atoms with Crippen molar-refractivity contribution in [2.24, 2.45) is 0 Å². The van der Waals surface area contributed by atoms with Crippen LogP contribution in [0.3, 0.4) is 0 Å². The molecular weight excluding hydrogens is 492 g/mol. The lowest BCUT2D eigenvalue weighted by molar-refractivity contribution is -0.124. The molecule has 0 saturated heterocycles. The predicted molar refractivity (Wildman–Crippen MR) is 161 cm³/mol. The molecule has 4 heteroatoms. The first-order valence-electron chi connectivity index (χ1n) is 13.3. The van der Waals surface area contributed by atoms with Crippen molar-refractivity contribution < 1.29 is 9.59 Å². The number of rotatable bonds is 8. The Morgan fingerprint density at radius 3 is 1.18 bits per heavy atom. The summed E-state index contributed by atoms with van der Waals surface area (Å²) in [6.45, 7) is 8.37. The Kier molecular flexibility index (Phi) is 6.59. The van der Waals surface area contributed by atoms with Gasteiger partial charge in [-0.15, -0.1) is 0 Å². The zero-order chi connectivity index (χ0) is 27.6. The third-order valence-electron chi connectivity index (χ3n) is 7.39. The Hall–Kier alpha value is -5.22. The Bertz CT molecular complexity index is 1550. The van der Waals surface area contributed by atoms with Crippen molar-refractivity contribution in [1.82, 2.24) is 9.80 Å². The molecule has 2 amide bonds. The van der Waals surface area contributed by atoms with E-state index in [4.69, 9.17) is 0 Å². The molecule has 2 heterocycles. The van der Waals surface area contributed by atoms with Crippen LogP contribution in [0.1, 0.15) is 33.4 Å². The molecule has 0 atom stereocenters. The second-order valence-electron chi connectivity index (χ2n) is 9.85. The van der Waals surface area contributed by atoms with Gasteiger partial charge in [-0.25, -0.2) is 0 Å². The van der Waals surface area contributed by atoms with Crippen LogP contribution < -0.4 is 0 Å². The van der Waals surface area contributed by atoms with Gasteiger partial charge in [-0.2, -0.15) is 0 Å². The second kappa shape index (κ2) is 10.5. The molecule has 4 aromatic rings. The fourth-order valence-corrected chi connectivity index (χ4v) is 5.37.